The molecule has 0 unspecified atom stereocenters. The predicted molar refractivity (Wildman–Crippen MR) is 92.2 cm³/mol. The average molecular weight is 368 g/mol. The maximum atomic E-state index is 13.1. The van der Waals surface area contributed by atoms with E-state index in [2.05, 4.69) is 0 Å². The van der Waals surface area contributed by atoms with Gasteiger partial charge < -0.3 is 29.0 Å². The van der Waals surface area contributed by atoms with Crippen LogP contribution in [-0.4, -0.2) is 55.3 Å². The van der Waals surface area contributed by atoms with E-state index >= 15 is 0 Å². The van der Waals surface area contributed by atoms with Gasteiger partial charge in [0.1, 0.15) is 0 Å². The van der Waals surface area contributed by atoms with Gasteiger partial charge in [-0.05, 0) is 18.6 Å². The van der Waals surface area contributed by atoms with E-state index in [1.54, 1.807) is 0 Å². The van der Waals surface area contributed by atoms with Gasteiger partial charge in [0.25, 0.3) is 5.91 Å². The Morgan fingerprint density at radius 2 is 1.80 bits per heavy atom. The van der Waals surface area contributed by atoms with Crippen molar-refractivity contribution in [2.45, 2.75) is 31.2 Å². The number of amides is 1. The van der Waals surface area contributed by atoms with E-state index < -0.39 is 17.9 Å². The van der Waals surface area contributed by atoms with E-state index in [1.165, 1.54) is 50.1 Å². The fourth-order valence-corrected chi connectivity index (χ4v) is 4.35. The standard InChI is InChI=1S/C17H23NO6S/c1-5-6-14-18(11(9-25-14)17(20)21)16(19)10-7-12(22-2)15(24-4)13(8-10)23-3/h7-8,11,14H,5-6,9H2,1-4H3,(H,20,21)/p-1/t11-,14+/m1/s1. The molecule has 1 aliphatic rings. The van der Waals surface area contributed by atoms with Gasteiger partial charge in [-0.25, -0.2) is 0 Å². The van der Waals surface area contributed by atoms with Crippen molar-refractivity contribution in [1.82, 2.24) is 4.90 Å². The summed E-state index contributed by atoms with van der Waals surface area (Å²) in [5.74, 6) is -0.255. The third-order valence-corrected chi connectivity index (χ3v) is 5.40. The first kappa shape index (κ1) is 19.2. The van der Waals surface area contributed by atoms with E-state index in [0.717, 1.165) is 6.42 Å². The fraction of sp³-hybridized carbons (Fsp3) is 0.529. The molecule has 0 spiro atoms. The van der Waals surface area contributed by atoms with Crippen molar-refractivity contribution in [2.24, 2.45) is 0 Å². The van der Waals surface area contributed by atoms with Crippen molar-refractivity contribution < 1.29 is 28.9 Å². The minimum atomic E-state index is -1.24. The molecule has 1 aliphatic heterocycles. The van der Waals surface area contributed by atoms with Gasteiger partial charge in [0.15, 0.2) is 11.5 Å². The molecule has 0 radical (unpaired) electrons. The number of thioether (sulfide) groups is 1. The molecule has 1 aromatic rings. The molecule has 2 atom stereocenters. The molecular formula is C17H22NO6S-. The van der Waals surface area contributed by atoms with Crippen molar-refractivity contribution in [1.29, 1.82) is 0 Å². The lowest BCUT2D eigenvalue weighted by Gasteiger charge is -2.30. The topological polar surface area (TPSA) is 88.1 Å². The second kappa shape index (κ2) is 8.33. The number of carboxylic acids is 1. The highest BCUT2D eigenvalue weighted by molar-refractivity contribution is 8.00. The number of carbonyl (C=O) groups excluding carboxylic acids is 2. The Bertz CT molecular complexity index is 625. The number of nitrogens with zero attached hydrogens (tertiary/aromatic N) is 1. The summed E-state index contributed by atoms with van der Waals surface area (Å²) in [5, 5.41) is 11.3. The van der Waals surface area contributed by atoms with Gasteiger partial charge in [0.2, 0.25) is 5.75 Å². The van der Waals surface area contributed by atoms with Crippen LogP contribution in [-0.2, 0) is 4.79 Å². The molecule has 25 heavy (non-hydrogen) atoms. The lowest BCUT2D eigenvalue weighted by atomic mass is 10.1. The normalized spacial score (nSPS) is 19.6. The average Bonchev–Trinajstić information content (AvgIpc) is 3.03. The molecule has 1 heterocycles. The van der Waals surface area contributed by atoms with Gasteiger partial charge in [-0.15, -0.1) is 11.8 Å². The summed E-state index contributed by atoms with van der Waals surface area (Å²) in [5.41, 5.74) is 0.282. The van der Waals surface area contributed by atoms with Gasteiger partial charge >= 0.3 is 0 Å². The summed E-state index contributed by atoms with van der Waals surface area (Å²) in [7, 11) is 4.39. The minimum Gasteiger partial charge on any atom is -0.548 e. The molecule has 7 nitrogen and oxygen atoms in total. The number of carboxylic acid groups (broad SMARTS) is 1. The number of hydrogen-bond acceptors (Lipinski definition) is 7. The SMILES string of the molecule is CCC[C@@H]1SC[C@H](C(=O)[O-])N1C(=O)c1cc(OC)c(OC)c(OC)c1. The van der Waals surface area contributed by atoms with E-state index in [0.29, 0.717) is 29.4 Å². The van der Waals surface area contributed by atoms with Gasteiger partial charge in [-0.2, -0.15) is 0 Å². The number of aliphatic carboxylic acids is 1. The fourth-order valence-electron chi connectivity index (χ4n) is 2.84. The summed E-state index contributed by atoms with van der Waals surface area (Å²) >= 11 is 1.46. The van der Waals surface area contributed by atoms with Crippen LogP contribution in [0.1, 0.15) is 30.1 Å². The Hall–Kier alpha value is -2.09. The van der Waals surface area contributed by atoms with E-state index in [4.69, 9.17) is 14.2 Å². The summed E-state index contributed by atoms with van der Waals surface area (Å²) in [4.78, 5) is 25.9. The van der Waals surface area contributed by atoms with Crippen LogP contribution in [0.4, 0.5) is 0 Å². The Kier molecular flexibility index (Phi) is 6.41. The van der Waals surface area contributed by atoms with Crippen LogP contribution < -0.4 is 19.3 Å². The highest BCUT2D eigenvalue weighted by Gasteiger charge is 2.38. The molecule has 0 saturated carbocycles. The molecule has 1 saturated heterocycles. The number of ether oxygens (including phenoxy) is 3. The Morgan fingerprint density at radius 3 is 2.24 bits per heavy atom. The monoisotopic (exact) mass is 368 g/mol. The molecule has 1 amide bonds. The van der Waals surface area contributed by atoms with Crippen molar-refractivity contribution >= 4 is 23.6 Å². The Labute approximate surface area is 151 Å². The molecule has 0 N–H and O–H groups in total. The minimum absolute atomic E-state index is 0.195. The van der Waals surface area contributed by atoms with Crippen LogP contribution in [0.15, 0.2) is 12.1 Å². The number of benzene rings is 1. The Morgan fingerprint density at radius 1 is 1.20 bits per heavy atom. The van der Waals surface area contributed by atoms with E-state index in [9.17, 15) is 14.7 Å². The van der Waals surface area contributed by atoms with Crippen molar-refractivity contribution in [2.75, 3.05) is 27.1 Å². The molecule has 8 heteroatoms. The van der Waals surface area contributed by atoms with Crippen molar-refractivity contribution in [3.63, 3.8) is 0 Å². The zero-order valence-electron chi connectivity index (χ0n) is 14.7. The molecule has 0 bridgehead atoms. The summed E-state index contributed by atoms with van der Waals surface area (Å²) in [6.07, 6.45) is 1.56. The molecule has 138 valence electrons. The molecule has 0 aliphatic carbocycles. The van der Waals surface area contributed by atoms with E-state index in [-0.39, 0.29) is 10.9 Å². The quantitative estimate of drug-likeness (QED) is 0.713. The summed E-state index contributed by atoms with van der Waals surface area (Å²) in [6.45, 7) is 2.00. The predicted octanol–water partition coefficient (Wildman–Crippen LogP) is 1.15. The maximum absolute atomic E-state index is 13.1. The van der Waals surface area contributed by atoms with Crippen molar-refractivity contribution in [3.8, 4) is 17.2 Å². The molecule has 1 fully saturated rings. The summed E-state index contributed by atoms with van der Waals surface area (Å²) < 4.78 is 15.8. The summed E-state index contributed by atoms with van der Waals surface area (Å²) in [6, 6.07) is 2.11. The first-order valence-electron chi connectivity index (χ1n) is 7.93. The van der Waals surface area contributed by atoms with Gasteiger partial charge in [-0.1, -0.05) is 13.3 Å². The van der Waals surface area contributed by atoms with Gasteiger partial charge in [0, 0.05) is 11.3 Å². The second-order valence-electron chi connectivity index (χ2n) is 5.54. The zero-order valence-corrected chi connectivity index (χ0v) is 15.6. The zero-order chi connectivity index (χ0) is 18.6. The third-order valence-electron chi connectivity index (χ3n) is 4.05. The van der Waals surface area contributed by atoms with Crippen LogP contribution in [0.2, 0.25) is 0 Å². The maximum Gasteiger partial charge on any atom is 0.255 e. The highest BCUT2D eigenvalue weighted by Crippen LogP contribution is 2.40. The van der Waals surface area contributed by atoms with Gasteiger partial charge in [0.05, 0.1) is 38.7 Å². The highest BCUT2D eigenvalue weighted by atomic mass is 32.2. The lowest BCUT2D eigenvalue weighted by Crippen LogP contribution is -2.50. The van der Waals surface area contributed by atoms with Crippen LogP contribution >= 0.6 is 11.8 Å². The second-order valence-corrected chi connectivity index (χ2v) is 6.75. The number of rotatable bonds is 7. The van der Waals surface area contributed by atoms with Crippen LogP contribution in [0.5, 0.6) is 17.2 Å². The van der Waals surface area contributed by atoms with Crippen LogP contribution in [0, 0.1) is 0 Å². The Balaban J connectivity index is 2.44. The number of hydrogen-bond donors (Lipinski definition) is 0. The molecule has 0 aromatic heterocycles. The van der Waals surface area contributed by atoms with Crippen LogP contribution in [0.3, 0.4) is 0 Å². The third kappa shape index (κ3) is 3.78. The smallest absolute Gasteiger partial charge is 0.255 e. The lowest BCUT2D eigenvalue weighted by molar-refractivity contribution is -0.310. The molecule has 2 rings (SSSR count). The number of methoxy groups -OCH3 is 3. The largest absolute Gasteiger partial charge is 0.548 e. The molecule has 1 aromatic carbocycles. The number of carbonyl (C=O) groups is 2. The molecular weight excluding hydrogens is 346 g/mol. The first-order valence-corrected chi connectivity index (χ1v) is 8.98. The van der Waals surface area contributed by atoms with Gasteiger partial charge in [-0.3, -0.25) is 4.79 Å². The first-order chi connectivity index (χ1) is 12.0. The van der Waals surface area contributed by atoms with Crippen molar-refractivity contribution in [3.05, 3.63) is 17.7 Å². The van der Waals surface area contributed by atoms with E-state index in [1.807, 2.05) is 6.92 Å². The van der Waals surface area contributed by atoms with Crippen LogP contribution in [0.25, 0.3) is 0 Å².